The molecule has 0 unspecified atom stereocenters. The van der Waals surface area contributed by atoms with Gasteiger partial charge in [0.2, 0.25) is 0 Å². The van der Waals surface area contributed by atoms with Crippen molar-refractivity contribution in [2.45, 2.75) is 26.3 Å². The number of nitrogens with one attached hydrogen (secondary N) is 1. The minimum atomic E-state index is -0.479. The maximum Gasteiger partial charge on any atom is 0.271 e. The van der Waals surface area contributed by atoms with Crippen LogP contribution in [0.15, 0.2) is 90.1 Å². The van der Waals surface area contributed by atoms with Crippen LogP contribution in [0.25, 0.3) is 0 Å². The van der Waals surface area contributed by atoms with E-state index in [1.165, 1.54) is 0 Å². The Morgan fingerprint density at radius 3 is 2.15 bits per heavy atom. The molecule has 0 aliphatic carbocycles. The van der Waals surface area contributed by atoms with Gasteiger partial charge in [-0.3, -0.25) is 9.59 Å². The molecule has 1 aliphatic rings. The molecule has 1 atom stereocenters. The molecule has 174 valence electrons. The van der Waals surface area contributed by atoms with Gasteiger partial charge in [-0.25, -0.2) is 0 Å². The van der Waals surface area contributed by atoms with Crippen molar-refractivity contribution in [1.29, 1.82) is 0 Å². The summed E-state index contributed by atoms with van der Waals surface area (Å²) in [5, 5.41) is 3.29. The van der Waals surface area contributed by atoms with Crippen molar-refractivity contribution in [3.05, 3.63) is 112 Å². The molecule has 0 fully saturated rings. The molecule has 3 aromatic carbocycles. The summed E-state index contributed by atoms with van der Waals surface area (Å²) in [5.41, 5.74) is 5.25. The van der Waals surface area contributed by atoms with Crippen molar-refractivity contribution in [1.82, 2.24) is 4.90 Å². The van der Waals surface area contributed by atoms with Crippen LogP contribution in [-0.2, 0) is 9.53 Å². The number of rotatable bonds is 9. The molecule has 5 nitrogen and oxygen atoms in total. The SMILES string of the molecule is COCCCN1C(=O)C(Nc2ccc(C)cc2)=C(C(=O)c2ccc(C)cc2)[C@H]1c1ccccc1. The zero-order valence-corrected chi connectivity index (χ0v) is 19.9. The molecule has 0 saturated heterocycles. The molecule has 0 bridgehead atoms. The summed E-state index contributed by atoms with van der Waals surface area (Å²) in [6.45, 7) is 5.02. The summed E-state index contributed by atoms with van der Waals surface area (Å²) >= 11 is 0. The lowest BCUT2D eigenvalue weighted by Gasteiger charge is -2.27. The second kappa shape index (κ2) is 10.5. The number of aryl methyl sites for hydroxylation is 2. The molecule has 1 N–H and O–H groups in total. The van der Waals surface area contributed by atoms with Gasteiger partial charge in [0.25, 0.3) is 5.91 Å². The lowest BCUT2D eigenvalue weighted by molar-refractivity contribution is -0.127. The minimum Gasteiger partial charge on any atom is -0.385 e. The van der Waals surface area contributed by atoms with Gasteiger partial charge in [-0.2, -0.15) is 0 Å². The normalized spacial score (nSPS) is 15.7. The van der Waals surface area contributed by atoms with E-state index in [9.17, 15) is 9.59 Å². The first-order valence-electron chi connectivity index (χ1n) is 11.5. The van der Waals surface area contributed by atoms with Crippen molar-refractivity contribution in [2.75, 3.05) is 25.6 Å². The first-order chi connectivity index (χ1) is 16.5. The van der Waals surface area contributed by atoms with Crippen LogP contribution in [0, 0.1) is 13.8 Å². The topological polar surface area (TPSA) is 58.6 Å². The zero-order valence-electron chi connectivity index (χ0n) is 19.9. The molecule has 34 heavy (non-hydrogen) atoms. The Bertz CT molecular complexity index is 1180. The average molecular weight is 455 g/mol. The molecule has 4 rings (SSSR count). The third kappa shape index (κ3) is 4.95. The predicted molar refractivity (Wildman–Crippen MR) is 135 cm³/mol. The van der Waals surface area contributed by atoms with Crippen molar-refractivity contribution in [3.63, 3.8) is 0 Å². The Balaban J connectivity index is 1.84. The second-order valence-corrected chi connectivity index (χ2v) is 8.63. The number of ketones is 1. The fourth-order valence-corrected chi connectivity index (χ4v) is 4.26. The van der Waals surface area contributed by atoms with E-state index in [0.29, 0.717) is 36.4 Å². The molecule has 5 heteroatoms. The highest BCUT2D eigenvalue weighted by molar-refractivity contribution is 6.18. The smallest absolute Gasteiger partial charge is 0.271 e. The van der Waals surface area contributed by atoms with Gasteiger partial charge in [-0.15, -0.1) is 0 Å². The van der Waals surface area contributed by atoms with Gasteiger partial charge in [0, 0.05) is 31.5 Å². The lowest BCUT2D eigenvalue weighted by atomic mass is 9.92. The summed E-state index contributed by atoms with van der Waals surface area (Å²) in [5.74, 6) is -0.327. The van der Waals surface area contributed by atoms with Crippen molar-refractivity contribution >= 4 is 17.4 Å². The number of hydrogen-bond acceptors (Lipinski definition) is 4. The lowest BCUT2D eigenvalue weighted by Crippen LogP contribution is -2.33. The minimum absolute atomic E-state index is 0.147. The number of carbonyl (C=O) groups excluding carboxylic acids is 2. The number of benzene rings is 3. The van der Waals surface area contributed by atoms with Crippen molar-refractivity contribution in [3.8, 4) is 0 Å². The van der Waals surface area contributed by atoms with E-state index in [2.05, 4.69) is 5.32 Å². The van der Waals surface area contributed by atoms with Gasteiger partial charge in [0.15, 0.2) is 5.78 Å². The molecule has 0 aromatic heterocycles. The number of amides is 1. The molecular weight excluding hydrogens is 424 g/mol. The van der Waals surface area contributed by atoms with Crippen LogP contribution < -0.4 is 5.32 Å². The largest absolute Gasteiger partial charge is 0.385 e. The van der Waals surface area contributed by atoms with E-state index in [4.69, 9.17) is 4.74 Å². The molecule has 0 saturated carbocycles. The Morgan fingerprint density at radius 2 is 1.53 bits per heavy atom. The highest BCUT2D eigenvalue weighted by Gasteiger charge is 2.43. The maximum atomic E-state index is 13.9. The van der Waals surface area contributed by atoms with Gasteiger partial charge < -0.3 is 15.0 Å². The third-order valence-corrected chi connectivity index (χ3v) is 6.07. The molecular formula is C29H30N2O3. The quantitative estimate of drug-likeness (QED) is 0.344. The van der Waals surface area contributed by atoms with Crippen LogP contribution in [0.3, 0.4) is 0 Å². The Morgan fingerprint density at radius 1 is 0.912 bits per heavy atom. The molecule has 1 amide bonds. The Kier molecular flexibility index (Phi) is 7.24. The number of anilines is 1. The summed E-state index contributed by atoms with van der Waals surface area (Å²) in [7, 11) is 1.65. The van der Waals surface area contributed by atoms with E-state index in [0.717, 1.165) is 22.4 Å². The fourth-order valence-electron chi connectivity index (χ4n) is 4.26. The number of ether oxygens (including phenoxy) is 1. The Hall–Kier alpha value is -3.70. The van der Waals surface area contributed by atoms with E-state index < -0.39 is 6.04 Å². The van der Waals surface area contributed by atoms with Gasteiger partial charge >= 0.3 is 0 Å². The van der Waals surface area contributed by atoms with Crippen LogP contribution in [0.5, 0.6) is 0 Å². The maximum absolute atomic E-state index is 13.9. The zero-order chi connectivity index (χ0) is 24.1. The van der Waals surface area contributed by atoms with Crippen LogP contribution in [0.2, 0.25) is 0 Å². The van der Waals surface area contributed by atoms with Gasteiger partial charge in [-0.1, -0.05) is 77.9 Å². The second-order valence-electron chi connectivity index (χ2n) is 8.63. The molecule has 0 spiro atoms. The summed E-state index contributed by atoms with van der Waals surface area (Å²) in [6.07, 6.45) is 0.676. The van der Waals surface area contributed by atoms with Crippen molar-refractivity contribution < 1.29 is 14.3 Å². The number of carbonyl (C=O) groups is 2. The average Bonchev–Trinajstić information content (AvgIpc) is 3.12. The number of Topliss-reactive ketones (excluding diaryl/α,β-unsaturated/α-hetero) is 1. The summed E-state index contributed by atoms with van der Waals surface area (Å²) in [4.78, 5) is 29.5. The number of hydrogen-bond donors (Lipinski definition) is 1. The highest BCUT2D eigenvalue weighted by Crippen LogP contribution is 2.40. The molecule has 1 aliphatic heterocycles. The Labute approximate surface area is 201 Å². The number of nitrogens with zero attached hydrogens (tertiary/aromatic N) is 1. The van der Waals surface area contributed by atoms with Crippen LogP contribution >= 0.6 is 0 Å². The summed E-state index contributed by atoms with van der Waals surface area (Å²) < 4.78 is 5.23. The highest BCUT2D eigenvalue weighted by atomic mass is 16.5. The van der Waals surface area contributed by atoms with Crippen LogP contribution in [0.1, 0.15) is 39.5 Å². The van der Waals surface area contributed by atoms with E-state index in [1.807, 2.05) is 92.7 Å². The first kappa shape index (κ1) is 23.5. The van der Waals surface area contributed by atoms with E-state index in [1.54, 1.807) is 12.0 Å². The van der Waals surface area contributed by atoms with Gasteiger partial charge in [-0.05, 0) is 38.0 Å². The van der Waals surface area contributed by atoms with E-state index >= 15 is 0 Å². The van der Waals surface area contributed by atoms with Gasteiger partial charge in [0.05, 0.1) is 11.6 Å². The monoisotopic (exact) mass is 454 g/mol. The fraction of sp³-hybridized carbons (Fsp3) is 0.241. The van der Waals surface area contributed by atoms with Crippen molar-refractivity contribution in [2.24, 2.45) is 0 Å². The summed E-state index contributed by atoms with van der Waals surface area (Å²) in [6, 6.07) is 24.6. The molecule has 1 heterocycles. The first-order valence-corrected chi connectivity index (χ1v) is 11.5. The van der Waals surface area contributed by atoms with Crippen LogP contribution in [0.4, 0.5) is 5.69 Å². The molecule has 0 radical (unpaired) electrons. The third-order valence-electron chi connectivity index (χ3n) is 6.07. The van der Waals surface area contributed by atoms with Crippen LogP contribution in [-0.4, -0.2) is 36.9 Å². The standard InChI is InChI=1S/C29H30N2O3/c1-20-10-14-23(15-11-20)28(32)25-26(30-24-16-12-21(2)13-17-24)29(33)31(18-7-19-34-3)27(25)22-8-5-4-6-9-22/h4-6,8-17,27,30H,7,18-19H2,1-3H3/t27-/m1/s1. The number of methoxy groups -OCH3 is 1. The molecule has 3 aromatic rings. The van der Waals surface area contributed by atoms with E-state index in [-0.39, 0.29) is 11.7 Å². The van der Waals surface area contributed by atoms with Gasteiger partial charge in [0.1, 0.15) is 5.70 Å². The predicted octanol–water partition coefficient (Wildman–Crippen LogP) is 5.47.